The second-order valence-electron chi connectivity index (χ2n) is 3.19. The van der Waals surface area contributed by atoms with Crippen molar-refractivity contribution in [3.8, 4) is 11.6 Å². The summed E-state index contributed by atoms with van der Waals surface area (Å²) in [5.41, 5.74) is 0.909. The number of hydrogen-bond donors (Lipinski definition) is 1. The predicted molar refractivity (Wildman–Crippen MR) is 60.3 cm³/mol. The van der Waals surface area contributed by atoms with E-state index in [1.54, 1.807) is 24.4 Å². The molecule has 0 saturated heterocycles. The van der Waals surface area contributed by atoms with Crippen LogP contribution in [0.3, 0.4) is 0 Å². The second kappa shape index (κ2) is 4.61. The number of aromatic nitrogens is 1. The van der Waals surface area contributed by atoms with Crippen molar-refractivity contribution in [1.82, 2.24) is 4.98 Å². The molecule has 0 radical (unpaired) electrons. The molecule has 3 nitrogen and oxygen atoms in total. The van der Waals surface area contributed by atoms with E-state index in [0.717, 1.165) is 5.69 Å². The van der Waals surface area contributed by atoms with Crippen LogP contribution >= 0.6 is 0 Å². The fourth-order valence-corrected chi connectivity index (χ4v) is 1.21. The average molecular weight is 218 g/mol. The lowest BCUT2D eigenvalue weighted by Gasteiger charge is -2.05. The number of nitrogens with zero attached hydrogens (tertiary/aromatic N) is 1. The van der Waals surface area contributed by atoms with Gasteiger partial charge in [0.2, 0.25) is 5.88 Å². The number of pyridine rings is 1. The molecule has 0 spiro atoms. The maximum Gasteiger partial charge on any atom is 0.219 e. The number of nitrogens with one attached hydrogen (secondary N) is 1. The number of halogens is 1. The van der Waals surface area contributed by atoms with Gasteiger partial charge in [-0.05, 0) is 30.3 Å². The molecule has 4 heteroatoms. The Hall–Kier alpha value is -2.10. The summed E-state index contributed by atoms with van der Waals surface area (Å²) in [6.07, 6.45) is 1.67. The highest BCUT2D eigenvalue weighted by Crippen LogP contribution is 2.20. The maximum absolute atomic E-state index is 12.6. The van der Waals surface area contributed by atoms with E-state index >= 15 is 0 Å². The molecule has 0 unspecified atom stereocenters. The molecule has 2 rings (SSSR count). The molecule has 0 saturated carbocycles. The van der Waals surface area contributed by atoms with Crippen LogP contribution in [0.4, 0.5) is 10.1 Å². The smallest absolute Gasteiger partial charge is 0.219 e. The van der Waals surface area contributed by atoms with Crippen LogP contribution in [0, 0.1) is 5.82 Å². The zero-order valence-corrected chi connectivity index (χ0v) is 8.77. The molecular weight excluding hydrogens is 207 g/mol. The lowest BCUT2D eigenvalue weighted by atomic mass is 10.3. The molecule has 1 aromatic carbocycles. The molecule has 0 aliphatic carbocycles. The van der Waals surface area contributed by atoms with Crippen molar-refractivity contribution in [3.63, 3.8) is 0 Å². The summed E-state index contributed by atoms with van der Waals surface area (Å²) in [4.78, 5) is 4.09. The minimum absolute atomic E-state index is 0.286. The van der Waals surface area contributed by atoms with E-state index in [9.17, 15) is 4.39 Å². The Morgan fingerprint density at radius 1 is 1.12 bits per heavy atom. The van der Waals surface area contributed by atoms with Gasteiger partial charge in [0.1, 0.15) is 11.6 Å². The van der Waals surface area contributed by atoms with Crippen molar-refractivity contribution in [2.24, 2.45) is 0 Å². The zero-order chi connectivity index (χ0) is 11.4. The predicted octanol–water partition coefficient (Wildman–Crippen LogP) is 3.05. The minimum atomic E-state index is -0.286. The molecule has 0 bridgehead atoms. The standard InChI is InChI=1S/C12H11FN2O/c1-14-10-4-7-12(15-8-10)16-11-5-2-9(13)3-6-11/h2-8,14H,1H3. The maximum atomic E-state index is 12.6. The number of benzene rings is 1. The van der Waals surface area contributed by atoms with Gasteiger partial charge >= 0.3 is 0 Å². The highest BCUT2D eigenvalue weighted by atomic mass is 19.1. The van der Waals surface area contributed by atoms with Gasteiger partial charge in [-0.3, -0.25) is 0 Å². The van der Waals surface area contributed by atoms with Gasteiger partial charge in [0, 0.05) is 13.1 Å². The lowest BCUT2D eigenvalue weighted by molar-refractivity contribution is 0.461. The van der Waals surface area contributed by atoms with Crippen molar-refractivity contribution in [2.45, 2.75) is 0 Å². The van der Waals surface area contributed by atoms with Crippen molar-refractivity contribution in [2.75, 3.05) is 12.4 Å². The minimum Gasteiger partial charge on any atom is -0.439 e. The van der Waals surface area contributed by atoms with Crippen LogP contribution in [0.2, 0.25) is 0 Å². The Bertz CT molecular complexity index is 453. The first kappa shape index (κ1) is 10.4. The topological polar surface area (TPSA) is 34.1 Å². The van der Waals surface area contributed by atoms with Crippen LogP contribution in [-0.4, -0.2) is 12.0 Å². The van der Waals surface area contributed by atoms with E-state index in [1.807, 2.05) is 13.1 Å². The summed E-state index contributed by atoms with van der Waals surface area (Å²) in [5.74, 6) is 0.752. The van der Waals surface area contributed by atoms with Gasteiger partial charge in [0.25, 0.3) is 0 Å². The number of hydrogen-bond acceptors (Lipinski definition) is 3. The van der Waals surface area contributed by atoms with E-state index in [2.05, 4.69) is 10.3 Å². The van der Waals surface area contributed by atoms with Gasteiger partial charge in [-0.1, -0.05) is 0 Å². The lowest BCUT2D eigenvalue weighted by Crippen LogP contribution is -1.91. The molecule has 1 N–H and O–H groups in total. The van der Waals surface area contributed by atoms with Crippen LogP contribution in [0.15, 0.2) is 42.6 Å². The van der Waals surface area contributed by atoms with Gasteiger partial charge in [0.15, 0.2) is 0 Å². The molecular formula is C12H11FN2O. The van der Waals surface area contributed by atoms with Crippen molar-refractivity contribution < 1.29 is 9.13 Å². The Balaban J connectivity index is 2.11. The Morgan fingerprint density at radius 2 is 1.88 bits per heavy atom. The Morgan fingerprint density at radius 3 is 2.44 bits per heavy atom. The molecule has 0 atom stereocenters. The van der Waals surface area contributed by atoms with E-state index in [4.69, 9.17) is 4.74 Å². The van der Waals surface area contributed by atoms with Crippen molar-refractivity contribution in [1.29, 1.82) is 0 Å². The highest BCUT2D eigenvalue weighted by molar-refractivity contribution is 5.41. The van der Waals surface area contributed by atoms with Crippen LogP contribution < -0.4 is 10.1 Å². The average Bonchev–Trinajstić information content (AvgIpc) is 2.33. The molecule has 0 fully saturated rings. The summed E-state index contributed by atoms with van der Waals surface area (Å²) in [5, 5.41) is 2.96. The molecule has 1 heterocycles. The van der Waals surface area contributed by atoms with Crippen molar-refractivity contribution in [3.05, 3.63) is 48.4 Å². The third-order valence-electron chi connectivity index (χ3n) is 2.06. The molecule has 0 amide bonds. The normalized spacial score (nSPS) is 9.88. The third kappa shape index (κ3) is 2.48. The molecule has 2 aromatic rings. The van der Waals surface area contributed by atoms with Crippen molar-refractivity contribution >= 4 is 5.69 Å². The van der Waals surface area contributed by atoms with E-state index in [0.29, 0.717) is 11.6 Å². The second-order valence-corrected chi connectivity index (χ2v) is 3.19. The summed E-state index contributed by atoms with van der Waals surface area (Å²) >= 11 is 0. The van der Waals surface area contributed by atoms with Crippen LogP contribution in [0.5, 0.6) is 11.6 Å². The van der Waals surface area contributed by atoms with E-state index < -0.39 is 0 Å². The summed E-state index contributed by atoms with van der Waals surface area (Å²) in [6, 6.07) is 9.40. The largest absolute Gasteiger partial charge is 0.439 e. The molecule has 1 aromatic heterocycles. The van der Waals surface area contributed by atoms with Crippen LogP contribution in [0.25, 0.3) is 0 Å². The van der Waals surface area contributed by atoms with Crippen LogP contribution in [-0.2, 0) is 0 Å². The molecule has 82 valence electrons. The molecule has 16 heavy (non-hydrogen) atoms. The first-order chi connectivity index (χ1) is 7.78. The molecule has 0 aliphatic rings. The van der Waals surface area contributed by atoms with E-state index in [-0.39, 0.29) is 5.82 Å². The first-order valence-electron chi connectivity index (χ1n) is 4.85. The summed E-state index contributed by atoms with van der Waals surface area (Å²) in [7, 11) is 1.82. The number of rotatable bonds is 3. The monoisotopic (exact) mass is 218 g/mol. The van der Waals surface area contributed by atoms with Gasteiger partial charge in [-0.15, -0.1) is 0 Å². The Kier molecular flexibility index (Phi) is 3.00. The SMILES string of the molecule is CNc1ccc(Oc2ccc(F)cc2)nc1. The van der Waals surface area contributed by atoms with Crippen LogP contribution in [0.1, 0.15) is 0 Å². The van der Waals surface area contributed by atoms with Gasteiger partial charge in [0.05, 0.1) is 11.9 Å². The zero-order valence-electron chi connectivity index (χ0n) is 8.77. The number of ether oxygens (including phenoxy) is 1. The van der Waals surface area contributed by atoms with Gasteiger partial charge in [-0.25, -0.2) is 9.37 Å². The summed E-state index contributed by atoms with van der Waals surface area (Å²) in [6.45, 7) is 0. The fourth-order valence-electron chi connectivity index (χ4n) is 1.21. The third-order valence-corrected chi connectivity index (χ3v) is 2.06. The quantitative estimate of drug-likeness (QED) is 0.859. The van der Waals surface area contributed by atoms with Gasteiger partial charge in [-0.2, -0.15) is 0 Å². The Labute approximate surface area is 92.9 Å². The van der Waals surface area contributed by atoms with Gasteiger partial charge < -0.3 is 10.1 Å². The highest BCUT2D eigenvalue weighted by Gasteiger charge is 1.98. The van der Waals surface area contributed by atoms with E-state index in [1.165, 1.54) is 12.1 Å². The number of anilines is 1. The fraction of sp³-hybridized carbons (Fsp3) is 0.0833. The first-order valence-corrected chi connectivity index (χ1v) is 4.85. The molecule has 0 aliphatic heterocycles. The summed E-state index contributed by atoms with van der Waals surface area (Å²) < 4.78 is 18.1.